The van der Waals surface area contributed by atoms with E-state index in [0.717, 1.165) is 15.2 Å². The number of nitrogens with zero attached hydrogens (tertiary/aromatic N) is 3. The van der Waals surface area contributed by atoms with Crippen LogP contribution in [-0.4, -0.2) is 26.3 Å². The SMILES string of the molecule is O=C(CSc1nccn1-c1cccc(F)c1)OCc1nc2ccccc2s1. The van der Waals surface area contributed by atoms with E-state index in [1.54, 1.807) is 29.1 Å². The van der Waals surface area contributed by atoms with Gasteiger partial charge in [0.25, 0.3) is 0 Å². The molecule has 8 heteroatoms. The summed E-state index contributed by atoms with van der Waals surface area (Å²) in [5.74, 6) is -0.572. The minimum absolute atomic E-state index is 0.108. The molecule has 4 rings (SSSR count). The zero-order valence-corrected chi connectivity index (χ0v) is 15.7. The molecule has 2 aromatic heterocycles. The minimum Gasteiger partial charge on any atom is -0.458 e. The van der Waals surface area contributed by atoms with Gasteiger partial charge >= 0.3 is 5.97 Å². The first-order chi connectivity index (χ1) is 13.2. The summed E-state index contributed by atoms with van der Waals surface area (Å²) in [5, 5.41) is 1.35. The van der Waals surface area contributed by atoms with E-state index in [2.05, 4.69) is 9.97 Å². The number of carbonyl (C=O) groups excluding carboxylic acids is 1. The second-order valence-corrected chi connectivity index (χ2v) is 7.64. The van der Waals surface area contributed by atoms with E-state index in [4.69, 9.17) is 4.74 Å². The molecule has 27 heavy (non-hydrogen) atoms. The zero-order valence-electron chi connectivity index (χ0n) is 14.0. The van der Waals surface area contributed by atoms with Crippen molar-refractivity contribution in [3.8, 4) is 5.69 Å². The van der Waals surface area contributed by atoms with Crippen molar-refractivity contribution in [2.24, 2.45) is 0 Å². The number of imidazole rings is 1. The second-order valence-electron chi connectivity index (χ2n) is 5.58. The minimum atomic E-state index is -0.354. The Morgan fingerprint density at radius 2 is 2.11 bits per heavy atom. The van der Waals surface area contributed by atoms with Crippen molar-refractivity contribution in [3.05, 3.63) is 71.7 Å². The number of fused-ring (bicyclic) bond motifs is 1. The highest BCUT2D eigenvalue weighted by Gasteiger charge is 2.12. The maximum atomic E-state index is 13.4. The molecule has 5 nitrogen and oxygen atoms in total. The molecule has 2 heterocycles. The van der Waals surface area contributed by atoms with Gasteiger partial charge in [0.15, 0.2) is 5.16 Å². The summed E-state index contributed by atoms with van der Waals surface area (Å²) in [6.45, 7) is 0.150. The lowest BCUT2D eigenvalue weighted by Gasteiger charge is -2.07. The first kappa shape index (κ1) is 17.7. The third-order valence-corrected chi connectivity index (χ3v) is 5.66. The van der Waals surface area contributed by atoms with Crippen molar-refractivity contribution in [2.75, 3.05) is 5.75 Å². The molecule has 0 amide bonds. The molecule has 0 saturated heterocycles. The van der Waals surface area contributed by atoms with E-state index in [-0.39, 0.29) is 24.1 Å². The van der Waals surface area contributed by atoms with E-state index in [9.17, 15) is 9.18 Å². The number of ether oxygens (including phenoxy) is 1. The smallest absolute Gasteiger partial charge is 0.316 e. The average Bonchev–Trinajstić information content (AvgIpc) is 3.31. The molecular weight excluding hydrogens is 385 g/mol. The lowest BCUT2D eigenvalue weighted by atomic mass is 10.3. The van der Waals surface area contributed by atoms with Gasteiger partial charge in [-0.1, -0.05) is 30.0 Å². The zero-order chi connectivity index (χ0) is 18.6. The standard InChI is InChI=1S/C19H14FN3O2S2/c20-13-4-3-5-14(10-13)23-9-8-21-19(23)26-12-18(24)25-11-17-22-15-6-1-2-7-16(15)27-17/h1-10H,11-12H2. The number of thiazole rings is 1. The van der Waals surface area contributed by atoms with Gasteiger partial charge in [-0.05, 0) is 30.3 Å². The van der Waals surface area contributed by atoms with Gasteiger partial charge in [-0.2, -0.15) is 0 Å². The Labute approximate surface area is 162 Å². The molecule has 0 unspecified atom stereocenters. The van der Waals surface area contributed by atoms with Crippen molar-refractivity contribution in [2.45, 2.75) is 11.8 Å². The molecule has 0 spiro atoms. The third kappa shape index (κ3) is 4.17. The van der Waals surface area contributed by atoms with Gasteiger partial charge in [0.05, 0.1) is 21.7 Å². The van der Waals surface area contributed by atoms with Gasteiger partial charge in [0, 0.05) is 12.4 Å². The molecule has 0 atom stereocenters. The molecule has 0 radical (unpaired) electrons. The summed E-state index contributed by atoms with van der Waals surface area (Å²) in [7, 11) is 0. The summed E-state index contributed by atoms with van der Waals surface area (Å²) in [6, 6.07) is 14.0. The first-order valence-electron chi connectivity index (χ1n) is 8.11. The van der Waals surface area contributed by atoms with Gasteiger partial charge in [-0.25, -0.2) is 14.4 Å². The molecule has 0 aliphatic carbocycles. The number of esters is 1. The van der Waals surface area contributed by atoms with Crippen LogP contribution in [-0.2, 0) is 16.1 Å². The third-order valence-electron chi connectivity index (χ3n) is 3.71. The molecule has 4 aromatic rings. The number of rotatable bonds is 6. The maximum absolute atomic E-state index is 13.4. The number of para-hydroxylation sites is 1. The molecule has 0 fully saturated rings. The number of halogens is 1. The lowest BCUT2D eigenvalue weighted by Crippen LogP contribution is -2.08. The predicted molar refractivity (Wildman–Crippen MR) is 104 cm³/mol. The Hall–Kier alpha value is -2.71. The fraction of sp³-hybridized carbons (Fsp3) is 0.105. The Bertz CT molecular complexity index is 1060. The Balaban J connectivity index is 1.35. The van der Waals surface area contributed by atoms with Gasteiger partial charge in [-0.15, -0.1) is 11.3 Å². The number of hydrogen-bond donors (Lipinski definition) is 0. The van der Waals surface area contributed by atoms with E-state index in [1.165, 1.54) is 35.2 Å². The molecule has 136 valence electrons. The van der Waals surface area contributed by atoms with Crippen LogP contribution in [0.5, 0.6) is 0 Å². The van der Waals surface area contributed by atoms with E-state index < -0.39 is 0 Å². The van der Waals surface area contributed by atoms with Crippen LogP contribution in [0, 0.1) is 5.82 Å². The van der Waals surface area contributed by atoms with Crippen LogP contribution in [0.25, 0.3) is 15.9 Å². The molecule has 0 bridgehead atoms. The molecule has 2 aromatic carbocycles. The summed E-state index contributed by atoms with van der Waals surface area (Å²) >= 11 is 2.75. The highest BCUT2D eigenvalue weighted by molar-refractivity contribution is 7.99. The van der Waals surface area contributed by atoms with Crippen LogP contribution < -0.4 is 0 Å². The summed E-state index contributed by atoms with van der Waals surface area (Å²) in [5.41, 5.74) is 1.55. The first-order valence-corrected chi connectivity index (χ1v) is 9.91. The summed E-state index contributed by atoms with van der Waals surface area (Å²) in [6.07, 6.45) is 3.34. The molecule has 0 N–H and O–H groups in total. The monoisotopic (exact) mass is 399 g/mol. The van der Waals surface area contributed by atoms with Crippen LogP contribution in [0.4, 0.5) is 4.39 Å². The number of carbonyl (C=O) groups is 1. The van der Waals surface area contributed by atoms with Crippen LogP contribution in [0.1, 0.15) is 5.01 Å². The Morgan fingerprint density at radius 1 is 1.22 bits per heavy atom. The van der Waals surface area contributed by atoms with Crippen LogP contribution >= 0.6 is 23.1 Å². The predicted octanol–water partition coefficient (Wildman–Crippen LogP) is 4.46. The molecule has 0 aliphatic rings. The molecule has 0 saturated carbocycles. The largest absolute Gasteiger partial charge is 0.458 e. The highest BCUT2D eigenvalue weighted by Crippen LogP contribution is 2.23. The van der Waals surface area contributed by atoms with E-state index in [1.807, 2.05) is 24.3 Å². The second kappa shape index (κ2) is 7.89. The Morgan fingerprint density at radius 3 is 2.96 bits per heavy atom. The average molecular weight is 399 g/mol. The number of hydrogen-bond acceptors (Lipinski definition) is 6. The molecule has 0 aliphatic heterocycles. The Kier molecular flexibility index (Phi) is 5.17. The van der Waals surface area contributed by atoms with Gasteiger partial charge in [-0.3, -0.25) is 9.36 Å². The highest BCUT2D eigenvalue weighted by atomic mass is 32.2. The summed E-state index contributed by atoms with van der Waals surface area (Å²) < 4.78 is 21.5. The maximum Gasteiger partial charge on any atom is 0.316 e. The number of benzene rings is 2. The lowest BCUT2D eigenvalue weighted by molar-refractivity contribution is -0.141. The van der Waals surface area contributed by atoms with Gasteiger partial charge < -0.3 is 4.74 Å². The summed E-state index contributed by atoms with van der Waals surface area (Å²) in [4.78, 5) is 20.7. The van der Waals surface area contributed by atoms with E-state index >= 15 is 0 Å². The molecular formula is C19H14FN3O2S2. The van der Waals surface area contributed by atoms with Crippen LogP contribution in [0.2, 0.25) is 0 Å². The fourth-order valence-corrected chi connectivity index (χ4v) is 4.16. The fourth-order valence-electron chi connectivity index (χ4n) is 2.51. The van der Waals surface area contributed by atoms with Crippen molar-refractivity contribution in [3.63, 3.8) is 0 Å². The topological polar surface area (TPSA) is 57.0 Å². The van der Waals surface area contributed by atoms with Crippen molar-refractivity contribution in [1.82, 2.24) is 14.5 Å². The van der Waals surface area contributed by atoms with Crippen molar-refractivity contribution < 1.29 is 13.9 Å². The van der Waals surface area contributed by atoms with Crippen LogP contribution in [0.3, 0.4) is 0 Å². The van der Waals surface area contributed by atoms with Gasteiger partial charge in [0.2, 0.25) is 0 Å². The van der Waals surface area contributed by atoms with Crippen LogP contribution in [0.15, 0.2) is 66.1 Å². The number of aromatic nitrogens is 3. The van der Waals surface area contributed by atoms with Crippen molar-refractivity contribution >= 4 is 39.3 Å². The quantitative estimate of drug-likeness (QED) is 0.354. The normalized spacial score (nSPS) is 11.0. The van der Waals surface area contributed by atoms with E-state index in [0.29, 0.717) is 10.8 Å². The number of thioether (sulfide) groups is 1. The van der Waals surface area contributed by atoms with Crippen molar-refractivity contribution in [1.29, 1.82) is 0 Å². The van der Waals surface area contributed by atoms with Gasteiger partial charge in [0.1, 0.15) is 17.4 Å².